The quantitative estimate of drug-likeness (QED) is 0.524. The number of hydrogen-bond acceptors (Lipinski definition) is 4. The number of hydrogen-bond donors (Lipinski definition) is 0. The molecule has 0 spiro atoms. The Labute approximate surface area is 167 Å². The van der Waals surface area contributed by atoms with Crippen LogP contribution in [0.4, 0.5) is 14.5 Å². The Morgan fingerprint density at radius 1 is 1.22 bits per heavy atom. The van der Waals surface area contributed by atoms with Crippen LogP contribution in [0.1, 0.15) is 17.9 Å². The lowest BCUT2D eigenvalue weighted by molar-refractivity contribution is 0.199. The highest BCUT2D eigenvalue weighted by atomic mass is 35.5. The van der Waals surface area contributed by atoms with Gasteiger partial charge in [0.25, 0.3) is 0 Å². The zero-order valence-electron chi connectivity index (χ0n) is 13.8. The molecule has 0 radical (unpaired) electrons. The van der Waals surface area contributed by atoms with Crippen LogP contribution in [0, 0.1) is 11.6 Å². The maximum atomic E-state index is 14.8. The fourth-order valence-electron chi connectivity index (χ4n) is 4.00. The number of ether oxygens (including phenoxy) is 1. The highest BCUT2D eigenvalue weighted by Gasteiger charge is 2.46. The molecule has 4 nitrogen and oxygen atoms in total. The topological polar surface area (TPSA) is 52.6 Å². The lowest BCUT2D eigenvalue weighted by Crippen LogP contribution is -2.55. The molecule has 0 N–H and O–H groups in total. The molecule has 0 amide bonds. The van der Waals surface area contributed by atoms with E-state index >= 15 is 0 Å². The van der Waals surface area contributed by atoms with Crippen molar-refractivity contribution < 1.29 is 22.3 Å². The first kappa shape index (κ1) is 18.9. The monoisotopic (exact) mass is 432 g/mol. The van der Waals surface area contributed by atoms with Crippen LogP contribution >= 0.6 is 23.2 Å². The molecule has 4 rings (SSSR count). The number of anilines is 1. The first-order valence-electron chi connectivity index (χ1n) is 8.29. The second-order valence-corrected chi connectivity index (χ2v) is 8.53. The average Bonchev–Trinajstić information content (AvgIpc) is 2.65. The van der Waals surface area contributed by atoms with Crippen molar-refractivity contribution in [3.8, 4) is 5.75 Å². The number of rotatable bonds is 2. The summed E-state index contributed by atoms with van der Waals surface area (Å²) in [6.45, 7) is 0.469. The van der Waals surface area contributed by atoms with Gasteiger partial charge in [-0.1, -0.05) is 34.3 Å². The molecule has 1 saturated heterocycles. The number of piperidine rings is 1. The first-order chi connectivity index (χ1) is 12.9. The summed E-state index contributed by atoms with van der Waals surface area (Å²) < 4.78 is 58.4. The summed E-state index contributed by atoms with van der Waals surface area (Å²) in [6.07, 6.45) is 0.271. The molecule has 2 aliphatic heterocycles. The summed E-state index contributed by atoms with van der Waals surface area (Å²) in [7, 11) is 0. The number of benzene rings is 2. The molecule has 1 fully saturated rings. The van der Waals surface area contributed by atoms with Gasteiger partial charge in [0.15, 0.2) is 11.6 Å². The number of halogens is 4. The molecule has 2 aromatic carbocycles. The van der Waals surface area contributed by atoms with E-state index in [1.807, 2.05) is 4.90 Å². The van der Waals surface area contributed by atoms with Gasteiger partial charge in [-0.15, -0.1) is 0 Å². The second kappa shape index (κ2) is 7.20. The van der Waals surface area contributed by atoms with Gasteiger partial charge in [-0.2, -0.15) is 0 Å². The Balaban J connectivity index is 1.84. The Hall–Kier alpha value is -1.41. The average molecular weight is 433 g/mol. The molecule has 4 atom stereocenters. The van der Waals surface area contributed by atoms with Gasteiger partial charge >= 0.3 is 0 Å². The largest absolute Gasteiger partial charge is 0.772 e. The standard InChI is InChI=1S/C18H15Cl2F2NO3S/c19-9-1-3-10(4-2-9)23-6-5-14(27(24)25)15-13(23)8-26-18-12(21)7-11(20)17(22)16(15)18/h1-4,7,13-15H,5-6,8H2,(H,24,25)/p-1. The van der Waals surface area contributed by atoms with Crippen molar-refractivity contribution in [2.75, 3.05) is 18.1 Å². The van der Waals surface area contributed by atoms with E-state index in [1.54, 1.807) is 24.3 Å². The van der Waals surface area contributed by atoms with Crippen LogP contribution in [0.2, 0.25) is 10.0 Å². The Morgan fingerprint density at radius 3 is 2.59 bits per heavy atom. The minimum Gasteiger partial charge on any atom is -0.772 e. The van der Waals surface area contributed by atoms with Crippen LogP contribution in [0.15, 0.2) is 30.3 Å². The summed E-state index contributed by atoms with van der Waals surface area (Å²) in [6, 6.07) is 7.41. The highest BCUT2D eigenvalue weighted by Crippen LogP contribution is 2.47. The van der Waals surface area contributed by atoms with Crippen LogP contribution < -0.4 is 9.64 Å². The lowest BCUT2D eigenvalue weighted by atomic mass is 9.80. The Morgan fingerprint density at radius 2 is 1.93 bits per heavy atom. The maximum Gasteiger partial charge on any atom is 0.167 e. The van der Waals surface area contributed by atoms with Crippen molar-refractivity contribution in [3.05, 3.63) is 57.6 Å². The molecule has 0 aliphatic carbocycles. The van der Waals surface area contributed by atoms with E-state index in [0.717, 1.165) is 11.8 Å². The summed E-state index contributed by atoms with van der Waals surface area (Å²) in [5.41, 5.74) is 0.698. The van der Waals surface area contributed by atoms with Crippen molar-refractivity contribution in [1.82, 2.24) is 0 Å². The van der Waals surface area contributed by atoms with E-state index in [2.05, 4.69) is 0 Å². The van der Waals surface area contributed by atoms with Crippen LogP contribution in [-0.4, -0.2) is 33.2 Å². The van der Waals surface area contributed by atoms with Crippen molar-refractivity contribution in [3.63, 3.8) is 0 Å². The highest BCUT2D eigenvalue weighted by molar-refractivity contribution is 7.79. The summed E-state index contributed by atoms with van der Waals surface area (Å²) in [5, 5.41) is -0.695. The van der Waals surface area contributed by atoms with Crippen molar-refractivity contribution in [2.24, 2.45) is 0 Å². The molecule has 0 aromatic heterocycles. The Bertz CT molecular complexity index is 912. The van der Waals surface area contributed by atoms with Gasteiger partial charge in [0.05, 0.1) is 11.1 Å². The number of fused-ring (bicyclic) bond motifs is 3. The van der Waals surface area contributed by atoms with E-state index in [0.29, 0.717) is 11.6 Å². The summed E-state index contributed by atoms with van der Waals surface area (Å²) in [4.78, 5) is 1.95. The van der Waals surface area contributed by atoms with Crippen LogP contribution in [-0.2, 0) is 11.1 Å². The maximum absolute atomic E-state index is 14.8. The minimum atomic E-state index is -2.46. The second-order valence-electron chi connectivity index (χ2n) is 6.56. The molecule has 4 unspecified atom stereocenters. The van der Waals surface area contributed by atoms with E-state index in [9.17, 15) is 17.5 Å². The Kier molecular flexibility index (Phi) is 5.05. The molecular formula is C18H14Cl2F2NO3S-. The SMILES string of the molecule is O=S([O-])C1CCN(c2ccc(Cl)cc2)C2COc3c(F)cc(Cl)c(F)c3C21. The molecule has 2 aliphatic rings. The van der Waals surface area contributed by atoms with Gasteiger partial charge in [-0.25, -0.2) is 8.78 Å². The molecular weight excluding hydrogens is 419 g/mol. The van der Waals surface area contributed by atoms with Gasteiger partial charge in [-0.05, 0) is 36.8 Å². The third-order valence-corrected chi connectivity index (χ3v) is 6.72. The van der Waals surface area contributed by atoms with Crippen molar-refractivity contribution in [1.29, 1.82) is 0 Å². The fraction of sp³-hybridized carbons (Fsp3) is 0.333. The van der Waals surface area contributed by atoms with Crippen molar-refractivity contribution >= 4 is 40.0 Å². The zero-order valence-corrected chi connectivity index (χ0v) is 16.2. The lowest BCUT2D eigenvalue weighted by Gasteiger charge is -2.49. The zero-order chi connectivity index (χ0) is 19.3. The normalized spacial score (nSPS) is 25.4. The predicted molar refractivity (Wildman–Crippen MR) is 99.5 cm³/mol. The van der Waals surface area contributed by atoms with Crippen molar-refractivity contribution in [2.45, 2.75) is 23.6 Å². The van der Waals surface area contributed by atoms with Crippen LogP contribution in [0.3, 0.4) is 0 Å². The van der Waals surface area contributed by atoms with E-state index in [4.69, 9.17) is 27.9 Å². The van der Waals surface area contributed by atoms with Gasteiger partial charge in [0, 0.05) is 34.0 Å². The number of nitrogens with zero attached hydrogens (tertiary/aromatic N) is 1. The third kappa shape index (κ3) is 3.20. The molecule has 2 heterocycles. The smallest absolute Gasteiger partial charge is 0.167 e. The fourth-order valence-corrected chi connectivity index (χ4v) is 5.18. The van der Waals surface area contributed by atoms with Gasteiger partial charge in [0.1, 0.15) is 12.4 Å². The van der Waals surface area contributed by atoms with E-state index < -0.39 is 44.9 Å². The minimum absolute atomic E-state index is 0.0337. The van der Waals surface area contributed by atoms with E-state index in [-0.39, 0.29) is 24.3 Å². The summed E-state index contributed by atoms with van der Waals surface area (Å²) in [5.74, 6) is -2.69. The van der Waals surface area contributed by atoms with Crippen LogP contribution in [0.5, 0.6) is 5.75 Å². The van der Waals surface area contributed by atoms with Gasteiger partial charge in [0.2, 0.25) is 0 Å². The molecule has 2 aromatic rings. The van der Waals surface area contributed by atoms with E-state index in [1.165, 1.54) is 0 Å². The molecule has 0 saturated carbocycles. The van der Waals surface area contributed by atoms with Crippen LogP contribution in [0.25, 0.3) is 0 Å². The molecule has 27 heavy (non-hydrogen) atoms. The third-order valence-electron chi connectivity index (χ3n) is 5.17. The van der Waals surface area contributed by atoms with Gasteiger partial charge in [-0.3, -0.25) is 4.21 Å². The predicted octanol–water partition coefficient (Wildman–Crippen LogP) is 4.27. The molecule has 9 heteroatoms. The first-order valence-corrected chi connectivity index (χ1v) is 10.2. The summed E-state index contributed by atoms with van der Waals surface area (Å²) >= 11 is 9.31. The molecule has 0 bridgehead atoms. The molecule has 144 valence electrons. The van der Waals surface area contributed by atoms with Gasteiger partial charge < -0.3 is 14.2 Å².